The first-order chi connectivity index (χ1) is 7.43. The van der Waals surface area contributed by atoms with Crippen LogP contribution in [0, 0.1) is 13.8 Å². The molecule has 0 amide bonds. The first-order valence-corrected chi connectivity index (χ1v) is 5.78. The third kappa shape index (κ3) is 4.33. The van der Waals surface area contributed by atoms with E-state index < -0.39 is 0 Å². The van der Waals surface area contributed by atoms with Crippen LogP contribution in [0.3, 0.4) is 0 Å². The molecule has 0 aliphatic carbocycles. The summed E-state index contributed by atoms with van der Waals surface area (Å²) >= 11 is 0. The van der Waals surface area contributed by atoms with Crippen LogP contribution in [0.15, 0.2) is 18.2 Å². The van der Waals surface area contributed by atoms with Gasteiger partial charge >= 0.3 is 0 Å². The number of hydrogen-bond acceptors (Lipinski definition) is 2. The number of rotatable bonds is 5. The van der Waals surface area contributed by atoms with Gasteiger partial charge in [0.1, 0.15) is 0 Å². The predicted octanol–water partition coefficient (Wildman–Crippen LogP) is 2.60. The second-order valence-electron chi connectivity index (χ2n) is 5.07. The van der Waals surface area contributed by atoms with Crippen molar-refractivity contribution in [2.75, 3.05) is 13.7 Å². The van der Waals surface area contributed by atoms with Gasteiger partial charge in [-0.2, -0.15) is 0 Å². The second kappa shape index (κ2) is 5.46. The molecule has 16 heavy (non-hydrogen) atoms. The van der Waals surface area contributed by atoms with Gasteiger partial charge in [-0.3, -0.25) is 0 Å². The summed E-state index contributed by atoms with van der Waals surface area (Å²) in [5.41, 5.74) is 10.00. The van der Waals surface area contributed by atoms with Crippen LogP contribution in [0.25, 0.3) is 0 Å². The average molecular weight is 221 g/mol. The summed E-state index contributed by atoms with van der Waals surface area (Å²) in [6.07, 6.45) is 1.79. The molecule has 1 atom stereocenters. The molecule has 2 nitrogen and oxygen atoms in total. The summed E-state index contributed by atoms with van der Waals surface area (Å²) in [5.74, 6) is 0. The monoisotopic (exact) mass is 221 g/mol. The first kappa shape index (κ1) is 13.2. The van der Waals surface area contributed by atoms with E-state index in [1.807, 2.05) is 0 Å². The molecular formula is C14H23NO. The van der Waals surface area contributed by atoms with E-state index in [9.17, 15) is 0 Å². The smallest absolute Gasteiger partial charge is 0.0479 e. The molecule has 0 aliphatic rings. The number of benzene rings is 1. The third-order valence-electron chi connectivity index (χ3n) is 2.77. The molecule has 1 rings (SSSR count). The molecule has 0 saturated heterocycles. The molecule has 0 fully saturated rings. The number of methoxy groups -OCH3 is 1. The van der Waals surface area contributed by atoms with E-state index in [0.29, 0.717) is 0 Å². The van der Waals surface area contributed by atoms with Gasteiger partial charge < -0.3 is 10.5 Å². The Balaban J connectivity index is 2.71. The Hall–Kier alpha value is -0.860. The minimum atomic E-state index is -0.184. The summed E-state index contributed by atoms with van der Waals surface area (Å²) < 4.78 is 5.08. The number of nitrogens with two attached hydrogens (primary N) is 1. The Morgan fingerprint density at radius 2 is 1.75 bits per heavy atom. The molecule has 0 spiro atoms. The Morgan fingerprint density at radius 3 is 2.25 bits per heavy atom. The topological polar surface area (TPSA) is 35.2 Å². The van der Waals surface area contributed by atoms with Crippen molar-refractivity contribution in [3.05, 3.63) is 34.9 Å². The highest BCUT2D eigenvalue weighted by molar-refractivity contribution is 5.29. The minimum absolute atomic E-state index is 0.184. The second-order valence-corrected chi connectivity index (χ2v) is 5.07. The van der Waals surface area contributed by atoms with E-state index in [-0.39, 0.29) is 5.54 Å². The van der Waals surface area contributed by atoms with Crippen LogP contribution in [0.5, 0.6) is 0 Å². The van der Waals surface area contributed by atoms with Crippen molar-refractivity contribution in [2.45, 2.75) is 39.2 Å². The lowest BCUT2D eigenvalue weighted by Crippen LogP contribution is -2.39. The highest BCUT2D eigenvalue weighted by Gasteiger charge is 2.18. The van der Waals surface area contributed by atoms with Crippen LogP contribution < -0.4 is 5.73 Å². The third-order valence-corrected chi connectivity index (χ3v) is 2.77. The lowest BCUT2D eigenvalue weighted by atomic mass is 9.90. The molecule has 90 valence electrons. The van der Waals surface area contributed by atoms with Gasteiger partial charge in [0.2, 0.25) is 0 Å². The first-order valence-electron chi connectivity index (χ1n) is 5.78. The summed E-state index contributed by atoms with van der Waals surface area (Å²) in [4.78, 5) is 0. The standard InChI is InChI=1S/C14H23NO/c1-11-7-12(2)9-13(8-11)10-14(3,15)5-6-16-4/h7-9H,5-6,10,15H2,1-4H3. The highest BCUT2D eigenvalue weighted by Crippen LogP contribution is 2.17. The Kier molecular flexibility index (Phi) is 4.51. The van der Waals surface area contributed by atoms with Gasteiger partial charge in [-0.25, -0.2) is 0 Å². The molecule has 0 heterocycles. The van der Waals surface area contributed by atoms with Crippen LogP contribution in [0.4, 0.5) is 0 Å². The molecule has 0 bridgehead atoms. The summed E-state index contributed by atoms with van der Waals surface area (Å²) in [6, 6.07) is 6.61. The van der Waals surface area contributed by atoms with Crippen molar-refractivity contribution in [3.63, 3.8) is 0 Å². The van der Waals surface area contributed by atoms with Crippen LogP contribution in [-0.4, -0.2) is 19.3 Å². The fourth-order valence-electron chi connectivity index (χ4n) is 2.06. The van der Waals surface area contributed by atoms with Gasteiger partial charge in [0, 0.05) is 19.3 Å². The van der Waals surface area contributed by atoms with Gasteiger partial charge in [0.05, 0.1) is 0 Å². The molecule has 0 saturated carbocycles. The zero-order valence-electron chi connectivity index (χ0n) is 10.8. The van der Waals surface area contributed by atoms with Crippen molar-refractivity contribution < 1.29 is 4.74 Å². The maximum absolute atomic E-state index is 6.25. The van der Waals surface area contributed by atoms with Crippen molar-refractivity contribution in [3.8, 4) is 0 Å². The number of ether oxygens (including phenoxy) is 1. The van der Waals surface area contributed by atoms with Gasteiger partial charge in [-0.1, -0.05) is 29.3 Å². The maximum atomic E-state index is 6.25. The quantitative estimate of drug-likeness (QED) is 0.829. The van der Waals surface area contributed by atoms with Gasteiger partial charge in [-0.15, -0.1) is 0 Å². The fourth-order valence-corrected chi connectivity index (χ4v) is 2.06. The number of aryl methyl sites for hydroxylation is 2. The zero-order valence-corrected chi connectivity index (χ0v) is 10.8. The average Bonchev–Trinajstić information content (AvgIpc) is 2.12. The largest absolute Gasteiger partial charge is 0.385 e. The van der Waals surface area contributed by atoms with E-state index in [4.69, 9.17) is 10.5 Å². The SMILES string of the molecule is COCCC(C)(N)Cc1cc(C)cc(C)c1. The molecular weight excluding hydrogens is 198 g/mol. The fraction of sp³-hybridized carbons (Fsp3) is 0.571. The Labute approximate surface area is 98.8 Å². The highest BCUT2D eigenvalue weighted by atomic mass is 16.5. The summed E-state index contributed by atoms with van der Waals surface area (Å²) in [6.45, 7) is 7.06. The van der Waals surface area contributed by atoms with E-state index in [0.717, 1.165) is 19.4 Å². The minimum Gasteiger partial charge on any atom is -0.385 e. The Bertz CT molecular complexity index is 324. The summed E-state index contributed by atoms with van der Waals surface area (Å²) in [7, 11) is 1.72. The molecule has 0 aromatic heterocycles. The summed E-state index contributed by atoms with van der Waals surface area (Å²) in [5, 5.41) is 0. The maximum Gasteiger partial charge on any atom is 0.0479 e. The molecule has 1 aromatic rings. The van der Waals surface area contributed by atoms with Crippen molar-refractivity contribution in [1.29, 1.82) is 0 Å². The van der Waals surface area contributed by atoms with Crippen LogP contribution in [0.2, 0.25) is 0 Å². The van der Waals surface area contributed by atoms with Crippen molar-refractivity contribution in [1.82, 2.24) is 0 Å². The van der Waals surface area contributed by atoms with E-state index in [1.165, 1.54) is 16.7 Å². The van der Waals surface area contributed by atoms with Crippen LogP contribution in [-0.2, 0) is 11.2 Å². The van der Waals surface area contributed by atoms with Gasteiger partial charge in [0.15, 0.2) is 0 Å². The molecule has 2 N–H and O–H groups in total. The van der Waals surface area contributed by atoms with E-state index in [2.05, 4.69) is 39.0 Å². The van der Waals surface area contributed by atoms with Gasteiger partial charge in [-0.05, 0) is 39.2 Å². The number of hydrogen-bond donors (Lipinski definition) is 1. The lowest BCUT2D eigenvalue weighted by molar-refractivity contribution is 0.171. The van der Waals surface area contributed by atoms with Gasteiger partial charge in [0.25, 0.3) is 0 Å². The molecule has 1 unspecified atom stereocenters. The molecule has 0 radical (unpaired) electrons. The van der Waals surface area contributed by atoms with Crippen LogP contribution >= 0.6 is 0 Å². The zero-order chi connectivity index (χ0) is 12.2. The molecule has 0 aliphatic heterocycles. The molecule has 1 aromatic carbocycles. The van der Waals surface area contributed by atoms with E-state index in [1.54, 1.807) is 7.11 Å². The van der Waals surface area contributed by atoms with Crippen molar-refractivity contribution >= 4 is 0 Å². The Morgan fingerprint density at radius 1 is 1.19 bits per heavy atom. The van der Waals surface area contributed by atoms with Crippen molar-refractivity contribution in [2.24, 2.45) is 5.73 Å². The molecule has 2 heteroatoms. The predicted molar refractivity (Wildman–Crippen MR) is 68.7 cm³/mol. The normalized spacial score (nSPS) is 14.8. The van der Waals surface area contributed by atoms with Crippen LogP contribution in [0.1, 0.15) is 30.0 Å². The van der Waals surface area contributed by atoms with E-state index >= 15 is 0 Å². The lowest BCUT2D eigenvalue weighted by Gasteiger charge is -2.24.